The van der Waals surface area contributed by atoms with Gasteiger partial charge >= 0.3 is 0 Å². The van der Waals surface area contributed by atoms with E-state index in [1.165, 1.54) is 7.11 Å². The summed E-state index contributed by atoms with van der Waals surface area (Å²) in [6.45, 7) is 3.21. The summed E-state index contributed by atoms with van der Waals surface area (Å²) in [5.41, 5.74) is 3.06. The van der Waals surface area contributed by atoms with Crippen LogP contribution >= 0.6 is 0 Å². The van der Waals surface area contributed by atoms with E-state index in [2.05, 4.69) is 10.6 Å². The van der Waals surface area contributed by atoms with Gasteiger partial charge in [0.05, 0.1) is 20.8 Å². The van der Waals surface area contributed by atoms with Crippen LogP contribution in [0.4, 0.5) is 5.69 Å². The summed E-state index contributed by atoms with van der Waals surface area (Å²) in [7, 11) is 3.05. The molecular formula is C27H30N2O6. The smallest absolute Gasteiger partial charge is 0.262 e. The molecule has 35 heavy (non-hydrogen) atoms. The standard InChI is InChI=1S/C27H30N2O6/c1-4-34-17-21-8-6-5-7-20(21)16-28-27(31)19-9-14-24(25(15-19)33-3)35-18-26(30)29-22-10-12-23(32-2)13-11-22/h5-15H,4,16-18H2,1-3H3,(H,28,31)(H,29,30). The second-order valence-corrected chi connectivity index (χ2v) is 7.52. The molecule has 0 bridgehead atoms. The molecule has 3 aromatic rings. The monoisotopic (exact) mass is 478 g/mol. The van der Waals surface area contributed by atoms with Crippen molar-refractivity contribution in [1.82, 2.24) is 5.32 Å². The van der Waals surface area contributed by atoms with Gasteiger partial charge in [-0.3, -0.25) is 9.59 Å². The maximum Gasteiger partial charge on any atom is 0.262 e. The maximum atomic E-state index is 12.7. The van der Waals surface area contributed by atoms with Crippen molar-refractivity contribution in [2.45, 2.75) is 20.1 Å². The van der Waals surface area contributed by atoms with E-state index in [1.54, 1.807) is 49.6 Å². The van der Waals surface area contributed by atoms with Crippen molar-refractivity contribution in [1.29, 1.82) is 0 Å². The summed E-state index contributed by atoms with van der Waals surface area (Å²) in [5, 5.41) is 5.67. The van der Waals surface area contributed by atoms with Crippen LogP contribution in [0.3, 0.4) is 0 Å². The van der Waals surface area contributed by atoms with Crippen LogP contribution in [-0.2, 0) is 22.7 Å². The molecule has 0 aliphatic heterocycles. The third-order valence-electron chi connectivity index (χ3n) is 5.18. The largest absolute Gasteiger partial charge is 0.497 e. The maximum absolute atomic E-state index is 12.7. The quantitative estimate of drug-likeness (QED) is 0.405. The van der Waals surface area contributed by atoms with E-state index < -0.39 is 0 Å². The first-order valence-corrected chi connectivity index (χ1v) is 11.2. The lowest BCUT2D eigenvalue weighted by Gasteiger charge is -2.13. The van der Waals surface area contributed by atoms with E-state index in [9.17, 15) is 9.59 Å². The summed E-state index contributed by atoms with van der Waals surface area (Å²) >= 11 is 0. The fourth-order valence-electron chi connectivity index (χ4n) is 3.30. The molecule has 0 saturated carbocycles. The van der Waals surface area contributed by atoms with Crippen molar-refractivity contribution in [2.75, 3.05) is 32.8 Å². The van der Waals surface area contributed by atoms with Gasteiger partial charge in [-0.15, -0.1) is 0 Å². The van der Waals surface area contributed by atoms with E-state index in [0.29, 0.717) is 48.3 Å². The van der Waals surface area contributed by atoms with Crippen molar-refractivity contribution in [3.05, 3.63) is 83.4 Å². The summed E-state index contributed by atoms with van der Waals surface area (Å²) in [5.74, 6) is 0.827. The molecule has 2 N–H and O–H groups in total. The molecule has 0 atom stereocenters. The van der Waals surface area contributed by atoms with Crippen LogP contribution in [0.2, 0.25) is 0 Å². The third kappa shape index (κ3) is 7.48. The van der Waals surface area contributed by atoms with Gasteiger partial charge in [0.15, 0.2) is 18.1 Å². The van der Waals surface area contributed by atoms with Crippen LogP contribution in [0.15, 0.2) is 66.7 Å². The highest BCUT2D eigenvalue weighted by Crippen LogP contribution is 2.28. The summed E-state index contributed by atoms with van der Waals surface area (Å²) in [6.07, 6.45) is 0. The second-order valence-electron chi connectivity index (χ2n) is 7.52. The van der Waals surface area contributed by atoms with Crippen molar-refractivity contribution in [3.63, 3.8) is 0 Å². The molecule has 2 amide bonds. The molecular weight excluding hydrogens is 448 g/mol. The van der Waals surface area contributed by atoms with E-state index >= 15 is 0 Å². The van der Waals surface area contributed by atoms with Gasteiger partial charge in [0.25, 0.3) is 11.8 Å². The Hall–Kier alpha value is -4.04. The highest BCUT2D eigenvalue weighted by molar-refractivity contribution is 5.95. The van der Waals surface area contributed by atoms with Gasteiger partial charge in [0.1, 0.15) is 5.75 Å². The predicted octanol–water partition coefficient (Wildman–Crippen LogP) is 4.19. The highest BCUT2D eigenvalue weighted by Gasteiger charge is 2.13. The molecule has 0 saturated heterocycles. The molecule has 0 heterocycles. The number of carbonyl (C=O) groups is 2. The number of rotatable bonds is 12. The van der Waals surface area contributed by atoms with Crippen LogP contribution in [0.25, 0.3) is 0 Å². The van der Waals surface area contributed by atoms with Gasteiger partial charge in [0.2, 0.25) is 0 Å². The molecule has 0 aliphatic carbocycles. The molecule has 0 unspecified atom stereocenters. The Labute approximate surface area is 205 Å². The summed E-state index contributed by atoms with van der Waals surface area (Å²) in [6, 6.07) is 19.6. The zero-order chi connectivity index (χ0) is 25.0. The Morgan fingerprint density at radius 2 is 1.60 bits per heavy atom. The molecule has 3 rings (SSSR count). The zero-order valence-corrected chi connectivity index (χ0v) is 20.1. The minimum absolute atomic E-state index is 0.218. The fraction of sp³-hybridized carbons (Fsp3) is 0.259. The van der Waals surface area contributed by atoms with Crippen LogP contribution in [0.5, 0.6) is 17.2 Å². The van der Waals surface area contributed by atoms with Crippen molar-refractivity contribution in [3.8, 4) is 17.2 Å². The zero-order valence-electron chi connectivity index (χ0n) is 20.1. The number of methoxy groups -OCH3 is 2. The third-order valence-corrected chi connectivity index (χ3v) is 5.18. The van der Waals surface area contributed by atoms with Gasteiger partial charge in [-0.25, -0.2) is 0 Å². The lowest BCUT2D eigenvalue weighted by molar-refractivity contribution is -0.118. The fourth-order valence-corrected chi connectivity index (χ4v) is 3.30. The minimum atomic E-state index is -0.329. The van der Waals surface area contributed by atoms with Crippen LogP contribution < -0.4 is 24.8 Å². The van der Waals surface area contributed by atoms with E-state index in [0.717, 1.165) is 11.1 Å². The Morgan fingerprint density at radius 1 is 0.857 bits per heavy atom. The first kappa shape index (κ1) is 25.6. The van der Waals surface area contributed by atoms with Crippen molar-refractivity contribution in [2.24, 2.45) is 0 Å². The predicted molar refractivity (Wildman–Crippen MR) is 133 cm³/mol. The average molecular weight is 479 g/mol. The Kier molecular flexibility index (Phi) is 9.50. The van der Waals surface area contributed by atoms with Crippen LogP contribution in [0.1, 0.15) is 28.4 Å². The number of nitrogens with one attached hydrogen (secondary N) is 2. The number of hydrogen-bond donors (Lipinski definition) is 2. The number of anilines is 1. The molecule has 8 heteroatoms. The van der Waals surface area contributed by atoms with E-state index in [4.69, 9.17) is 18.9 Å². The molecule has 0 radical (unpaired) electrons. The molecule has 0 aromatic heterocycles. The van der Waals surface area contributed by atoms with Gasteiger partial charge in [-0.1, -0.05) is 24.3 Å². The lowest BCUT2D eigenvalue weighted by atomic mass is 10.1. The van der Waals surface area contributed by atoms with Gasteiger partial charge < -0.3 is 29.6 Å². The van der Waals surface area contributed by atoms with Crippen molar-refractivity contribution >= 4 is 17.5 Å². The second kappa shape index (κ2) is 13.0. The molecule has 0 aliphatic rings. The summed E-state index contributed by atoms with van der Waals surface area (Å²) in [4.78, 5) is 25.0. The topological polar surface area (TPSA) is 95.1 Å². The Morgan fingerprint density at radius 3 is 2.29 bits per heavy atom. The van der Waals surface area contributed by atoms with Gasteiger partial charge in [0, 0.05) is 24.4 Å². The molecule has 8 nitrogen and oxygen atoms in total. The minimum Gasteiger partial charge on any atom is -0.497 e. The van der Waals surface area contributed by atoms with Gasteiger partial charge in [-0.2, -0.15) is 0 Å². The number of benzene rings is 3. The summed E-state index contributed by atoms with van der Waals surface area (Å²) < 4.78 is 21.6. The number of ether oxygens (including phenoxy) is 4. The normalized spacial score (nSPS) is 10.4. The van der Waals surface area contributed by atoms with Gasteiger partial charge in [-0.05, 0) is 60.5 Å². The first-order chi connectivity index (χ1) is 17.0. The average Bonchev–Trinajstić information content (AvgIpc) is 2.90. The number of hydrogen-bond acceptors (Lipinski definition) is 6. The first-order valence-electron chi connectivity index (χ1n) is 11.2. The van der Waals surface area contributed by atoms with E-state index in [1.807, 2.05) is 31.2 Å². The number of amides is 2. The number of carbonyl (C=O) groups excluding carboxylic acids is 2. The molecule has 0 spiro atoms. The molecule has 184 valence electrons. The molecule has 3 aromatic carbocycles. The SMILES string of the molecule is CCOCc1ccccc1CNC(=O)c1ccc(OCC(=O)Nc2ccc(OC)cc2)c(OC)c1. The Bertz CT molecular complexity index is 1130. The highest BCUT2D eigenvalue weighted by atomic mass is 16.5. The van der Waals surface area contributed by atoms with Crippen LogP contribution in [0, 0.1) is 0 Å². The van der Waals surface area contributed by atoms with Crippen LogP contribution in [-0.4, -0.2) is 39.2 Å². The Balaban J connectivity index is 1.57. The van der Waals surface area contributed by atoms with E-state index in [-0.39, 0.29) is 18.4 Å². The van der Waals surface area contributed by atoms with Crippen molar-refractivity contribution < 1.29 is 28.5 Å². The lowest BCUT2D eigenvalue weighted by Crippen LogP contribution is -2.23. The molecule has 0 fully saturated rings.